The van der Waals surface area contributed by atoms with Crippen molar-refractivity contribution in [3.8, 4) is 11.5 Å². The second-order valence-electron chi connectivity index (χ2n) is 6.73. The highest BCUT2D eigenvalue weighted by molar-refractivity contribution is 9.10. The number of benzene rings is 3. The lowest BCUT2D eigenvalue weighted by atomic mass is 9.88. The van der Waals surface area contributed by atoms with Crippen LogP contribution >= 0.6 is 15.9 Å². The molecule has 31 heavy (non-hydrogen) atoms. The van der Waals surface area contributed by atoms with Crippen LogP contribution in [-0.2, 0) is 14.3 Å². The van der Waals surface area contributed by atoms with Gasteiger partial charge in [0.05, 0.1) is 0 Å². The molecule has 8 heteroatoms. The predicted octanol–water partition coefficient (Wildman–Crippen LogP) is 3.69. The number of ether oxygens (including phenoxy) is 2. The number of para-hydroxylation sites is 2. The van der Waals surface area contributed by atoms with Gasteiger partial charge in [0.1, 0.15) is 17.4 Å². The first-order valence-corrected chi connectivity index (χ1v) is 10.2. The molecule has 0 bridgehead atoms. The zero-order valence-electron chi connectivity index (χ0n) is 16.1. The Morgan fingerprint density at radius 3 is 2.03 bits per heavy atom. The number of hydrogen-bond donors (Lipinski definition) is 2. The van der Waals surface area contributed by atoms with Crippen molar-refractivity contribution >= 4 is 33.7 Å². The zero-order valence-corrected chi connectivity index (χ0v) is 17.7. The van der Waals surface area contributed by atoms with E-state index in [9.17, 15) is 14.4 Å². The summed E-state index contributed by atoms with van der Waals surface area (Å²) in [5.41, 5.74) is 6.22. The number of esters is 1. The van der Waals surface area contributed by atoms with Crippen molar-refractivity contribution in [1.29, 1.82) is 0 Å². The fourth-order valence-electron chi connectivity index (χ4n) is 3.22. The lowest BCUT2D eigenvalue weighted by molar-refractivity contribution is -0.149. The standard InChI is InChI=1S/C23H17BrN2O5/c24-15-11-9-14(10-12-15)22(28)26-25-20(27)13-30-23(29)21-16-5-1-3-7-18(16)31-19-8-4-2-6-17(19)21/h1-12,21H,13H2,(H,25,27)(H,26,28). The predicted molar refractivity (Wildman–Crippen MR) is 116 cm³/mol. The number of nitrogens with one attached hydrogen (secondary N) is 2. The van der Waals surface area contributed by atoms with Gasteiger partial charge in [-0.15, -0.1) is 0 Å². The fraction of sp³-hybridized carbons (Fsp3) is 0.0870. The molecule has 0 saturated carbocycles. The summed E-state index contributed by atoms with van der Waals surface area (Å²) in [4.78, 5) is 37.0. The Balaban J connectivity index is 1.38. The SMILES string of the molecule is O=C(COC(=O)C1c2ccccc2Oc2ccccc21)NNC(=O)c1ccc(Br)cc1. The van der Waals surface area contributed by atoms with E-state index in [0.29, 0.717) is 28.2 Å². The summed E-state index contributed by atoms with van der Waals surface area (Å²) in [6.45, 7) is -0.541. The van der Waals surface area contributed by atoms with Gasteiger partial charge in [0.15, 0.2) is 6.61 Å². The van der Waals surface area contributed by atoms with E-state index in [1.165, 1.54) is 0 Å². The van der Waals surface area contributed by atoms with E-state index in [2.05, 4.69) is 26.8 Å². The van der Waals surface area contributed by atoms with E-state index < -0.39 is 30.3 Å². The molecular formula is C23H17BrN2O5. The Morgan fingerprint density at radius 2 is 1.42 bits per heavy atom. The third-order valence-corrected chi connectivity index (χ3v) is 5.21. The number of fused-ring (bicyclic) bond motifs is 2. The number of amides is 2. The third-order valence-electron chi connectivity index (χ3n) is 4.68. The van der Waals surface area contributed by atoms with E-state index in [-0.39, 0.29) is 0 Å². The molecule has 2 N–H and O–H groups in total. The van der Waals surface area contributed by atoms with Crippen LogP contribution in [0.1, 0.15) is 27.4 Å². The number of carbonyl (C=O) groups excluding carboxylic acids is 3. The number of hydrazine groups is 1. The second kappa shape index (κ2) is 9.01. The van der Waals surface area contributed by atoms with Gasteiger partial charge < -0.3 is 9.47 Å². The first-order valence-electron chi connectivity index (χ1n) is 9.40. The van der Waals surface area contributed by atoms with Gasteiger partial charge in [0.25, 0.3) is 11.8 Å². The molecule has 3 aromatic carbocycles. The molecule has 0 spiro atoms. The summed E-state index contributed by atoms with van der Waals surface area (Å²) in [5, 5.41) is 0. The van der Waals surface area contributed by atoms with E-state index in [4.69, 9.17) is 9.47 Å². The maximum atomic E-state index is 12.9. The molecule has 0 fully saturated rings. The quantitative estimate of drug-likeness (QED) is 0.438. The molecule has 0 saturated heterocycles. The topological polar surface area (TPSA) is 93.7 Å². The van der Waals surface area contributed by atoms with Crippen LogP contribution in [0.15, 0.2) is 77.3 Å². The molecule has 3 aromatic rings. The Bertz CT molecular complexity index is 1100. The number of carbonyl (C=O) groups is 3. The summed E-state index contributed by atoms with van der Waals surface area (Å²) in [6.07, 6.45) is 0. The van der Waals surface area contributed by atoms with Gasteiger partial charge in [0, 0.05) is 21.2 Å². The van der Waals surface area contributed by atoms with E-state index >= 15 is 0 Å². The van der Waals surface area contributed by atoms with Gasteiger partial charge in [-0.3, -0.25) is 25.2 Å². The number of halogens is 1. The lowest BCUT2D eigenvalue weighted by Gasteiger charge is -2.26. The molecule has 1 aliphatic heterocycles. The first-order chi connectivity index (χ1) is 15.0. The average Bonchev–Trinajstić information content (AvgIpc) is 2.79. The molecule has 0 aliphatic carbocycles. The summed E-state index contributed by atoms with van der Waals surface area (Å²) in [7, 11) is 0. The smallest absolute Gasteiger partial charge is 0.318 e. The molecular weight excluding hydrogens is 464 g/mol. The van der Waals surface area contributed by atoms with Crippen LogP contribution in [0.3, 0.4) is 0 Å². The van der Waals surface area contributed by atoms with Gasteiger partial charge in [-0.25, -0.2) is 0 Å². The Kier molecular flexibility index (Phi) is 5.99. The van der Waals surface area contributed by atoms with Crippen LogP contribution in [0.4, 0.5) is 0 Å². The van der Waals surface area contributed by atoms with E-state index in [1.54, 1.807) is 60.7 Å². The molecule has 7 nitrogen and oxygen atoms in total. The van der Waals surface area contributed by atoms with Gasteiger partial charge >= 0.3 is 5.97 Å². The number of hydrogen-bond acceptors (Lipinski definition) is 5. The van der Waals surface area contributed by atoms with Crippen LogP contribution in [0, 0.1) is 0 Å². The summed E-state index contributed by atoms with van der Waals surface area (Å²) in [6, 6.07) is 21.0. The van der Waals surface area contributed by atoms with Crippen molar-refractivity contribution in [2.45, 2.75) is 5.92 Å². The average molecular weight is 481 g/mol. The van der Waals surface area contributed by atoms with Crippen LogP contribution in [0.2, 0.25) is 0 Å². The minimum absolute atomic E-state index is 0.371. The number of rotatable bonds is 4. The van der Waals surface area contributed by atoms with Crippen molar-refractivity contribution in [2.24, 2.45) is 0 Å². The van der Waals surface area contributed by atoms with Gasteiger partial charge in [-0.05, 0) is 36.4 Å². The molecule has 0 unspecified atom stereocenters. The maximum Gasteiger partial charge on any atom is 0.318 e. The highest BCUT2D eigenvalue weighted by Gasteiger charge is 2.33. The van der Waals surface area contributed by atoms with Crippen molar-refractivity contribution in [3.63, 3.8) is 0 Å². The van der Waals surface area contributed by atoms with Crippen LogP contribution < -0.4 is 15.6 Å². The monoisotopic (exact) mass is 480 g/mol. The first kappa shape index (κ1) is 20.6. The van der Waals surface area contributed by atoms with E-state index in [0.717, 1.165) is 4.47 Å². The van der Waals surface area contributed by atoms with Crippen molar-refractivity contribution in [2.75, 3.05) is 6.61 Å². The summed E-state index contributed by atoms with van der Waals surface area (Å²) in [5.74, 6) is -1.32. The van der Waals surface area contributed by atoms with Crippen molar-refractivity contribution in [1.82, 2.24) is 10.9 Å². The summed E-state index contributed by atoms with van der Waals surface area (Å²) < 4.78 is 11.9. The summed E-state index contributed by atoms with van der Waals surface area (Å²) >= 11 is 3.29. The molecule has 1 heterocycles. The second-order valence-corrected chi connectivity index (χ2v) is 7.64. The molecule has 0 radical (unpaired) electrons. The molecule has 156 valence electrons. The van der Waals surface area contributed by atoms with Gasteiger partial charge in [0.2, 0.25) is 0 Å². The normalized spacial score (nSPS) is 12.0. The maximum absolute atomic E-state index is 12.9. The van der Waals surface area contributed by atoms with E-state index in [1.807, 2.05) is 12.1 Å². The molecule has 0 atom stereocenters. The highest BCUT2D eigenvalue weighted by Crippen LogP contribution is 2.44. The van der Waals surface area contributed by atoms with Crippen molar-refractivity contribution < 1.29 is 23.9 Å². The highest BCUT2D eigenvalue weighted by atomic mass is 79.9. The molecule has 4 rings (SSSR count). The molecule has 2 amide bonds. The Labute approximate surface area is 186 Å². The van der Waals surface area contributed by atoms with Crippen molar-refractivity contribution in [3.05, 3.63) is 94.0 Å². The third kappa shape index (κ3) is 4.59. The minimum Gasteiger partial charge on any atom is -0.457 e. The van der Waals surface area contributed by atoms with Crippen LogP contribution in [0.25, 0.3) is 0 Å². The molecule has 1 aliphatic rings. The molecule has 0 aromatic heterocycles. The van der Waals surface area contributed by atoms with Gasteiger partial charge in [-0.2, -0.15) is 0 Å². The minimum atomic E-state index is -0.716. The zero-order chi connectivity index (χ0) is 21.8. The van der Waals surface area contributed by atoms with Crippen LogP contribution in [-0.4, -0.2) is 24.4 Å². The Hall–Kier alpha value is -3.65. The van der Waals surface area contributed by atoms with Gasteiger partial charge in [-0.1, -0.05) is 52.3 Å². The Morgan fingerprint density at radius 1 is 0.839 bits per heavy atom. The van der Waals surface area contributed by atoms with Crippen LogP contribution in [0.5, 0.6) is 11.5 Å². The lowest BCUT2D eigenvalue weighted by Crippen LogP contribution is -2.43. The fourth-order valence-corrected chi connectivity index (χ4v) is 3.48. The largest absolute Gasteiger partial charge is 0.457 e.